The number of hydrogen-bond acceptors (Lipinski definition) is 4. The van der Waals surface area contributed by atoms with E-state index in [2.05, 4.69) is 10.3 Å². The molecule has 4 nitrogen and oxygen atoms in total. The molecule has 1 amide bonds. The molecule has 2 heterocycles. The van der Waals surface area contributed by atoms with Gasteiger partial charge in [0.2, 0.25) is 0 Å². The first-order chi connectivity index (χ1) is 10.5. The van der Waals surface area contributed by atoms with Crippen LogP contribution in [-0.4, -0.2) is 10.9 Å². The predicted octanol–water partition coefficient (Wildman–Crippen LogP) is 4.06. The number of nitrogens with one attached hydrogen (secondary N) is 1. The summed E-state index contributed by atoms with van der Waals surface area (Å²) >= 11 is 1.34. The zero-order chi connectivity index (χ0) is 15.9. The molecule has 0 aliphatic heterocycles. The van der Waals surface area contributed by atoms with Crippen LogP contribution in [0.5, 0.6) is 0 Å². The van der Waals surface area contributed by atoms with E-state index in [9.17, 15) is 4.79 Å². The molecular weight excluding hydrogens is 294 g/mol. The van der Waals surface area contributed by atoms with Crippen molar-refractivity contribution in [3.8, 4) is 0 Å². The number of fused-ring (bicyclic) bond motifs is 1. The molecule has 0 aliphatic rings. The Kier molecular flexibility index (Phi) is 3.58. The van der Waals surface area contributed by atoms with Gasteiger partial charge in [-0.3, -0.25) is 4.79 Å². The lowest BCUT2D eigenvalue weighted by Gasteiger charge is -2.07. The fraction of sp³-hybridized carbons (Fsp3) is 0.176. The summed E-state index contributed by atoms with van der Waals surface area (Å²) in [6, 6.07) is 9.65. The van der Waals surface area contributed by atoms with Crippen molar-refractivity contribution in [2.45, 2.75) is 20.8 Å². The second-order valence-corrected chi connectivity index (χ2v) is 6.37. The van der Waals surface area contributed by atoms with Crippen LogP contribution in [0.15, 0.2) is 30.3 Å². The summed E-state index contributed by atoms with van der Waals surface area (Å²) < 4.78 is 0. The van der Waals surface area contributed by atoms with Gasteiger partial charge in [0.25, 0.3) is 5.91 Å². The van der Waals surface area contributed by atoms with Crippen LogP contribution < -0.4 is 11.1 Å². The van der Waals surface area contributed by atoms with E-state index in [1.807, 2.05) is 51.1 Å². The highest BCUT2D eigenvalue weighted by atomic mass is 32.1. The molecule has 5 heteroatoms. The molecule has 3 aromatic rings. The van der Waals surface area contributed by atoms with Gasteiger partial charge in [-0.2, -0.15) is 0 Å². The Bertz CT molecular complexity index is 883. The number of benzene rings is 1. The number of carbonyl (C=O) groups excluding carboxylic acids is 1. The van der Waals surface area contributed by atoms with Crippen LogP contribution in [0.2, 0.25) is 0 Å². The van der Waals surface area contributed by atoms with Crippen molar-refractivity contribution in [2.24, 2.45) is 0 Å². The Morgan fingerprint density at radius 3 is 2.64 bits per heavy atom. The Labute approximate surface area is 133 Å². The van der Waals surface area contributed by atoms with Crippen LogP contribution in [-0.2, 0) is 0 Å². The lowest BCUT2D eigenvalue weighted by atomic mass is 10.1. The molecule has 0 bridgehead atoms. The first-order valence-corrected chi connectivity index (χ1v) is 7.82. The Balaban J connectivity index is 2.03. The first-order valence-electron chi connectivity index (χ1n) is 7.00. The molecule has 0 aliphatic carbocycles. The quantitative estimate of drug-likeness (QED) is 0.750. The average molecular weight is 311 g/mol. The van der Waals surface area contributed by atoms with Crippen LogP contribution in [0.4, 0.5) is 11.4 Å². The largest absolute Gasteiger partial charge is 0.397 e. The Hall–Kier alpha value is -2.40. The van der Waals surface area contributed by atoms with E-state index >= 15 is 0 Å². The molecule has 0 spiro atoms. The number of hydrogen-bond donors (Lipinski definition) is 2. The molecule has 0 atom stereocenters. The van der Waals surface area contributed by atoms with Gasteiger partial charge in [-0.1, -0.05) is 18.2 Å². The fourth-order valence-corrected chi connectivity index (χ4v) is 3.64. The van der Waals surface area contributed by atoms with Crippen molar-refractivity contribution in [2.75, 3.05) is 11.1 Å². The Morgan fingerprint density at radius 2 is 1.91 bits per heavy atom. The summed E-state index contributed by atoms with van der Waals surface area (Å²) in [5.74, 6) is -0.188. The van der Waals surface area contributed by atoms with E-state index in [1.165, 1.54) is 11.3 Å². The normalized spacial score (nSPS) is 10.9. The first kappa shape index (κ1) is 14.5. The lowest BCUT2D eigenvalue weighted by Crippen LogP contribution is -2.12. The van der Waals surface area contributed by atoms with Gasteiger partial charge in [-0.05, 0) is 44.0 Å². The number of nitrogen functional groups attached to an aromatic ring is 1. The van der Waals surface area contributed by atoms with E-state index in [1.54, 1.807) is 0 Å². The topological polar surface area (TPSA) is 68.0 Å². The smallest absolute Gasteiger partial charge is 0.267 e. The summed E-state index contributed by atoms with van der Waals surface area (Å²) in [4.78, 5) is 18.4. The van der Waals surface area contributed by atoms with Crippen molar-refractivity contribution in [1.29, 1.82) is 0 Å². The van der Waals surface area contributed by atoms with E-state index < -0.39 is 0 Å². The zero-order valence-electron chi connectivity index (χ0n) is 12.7. The van der Waals surface area contributed by atoms with Crippen molar-refractivity contribution in [3.63, 3.8) is 0 Å². The molecule has 0 radical (unpaired) electrons. The maximum atomic E-state index is 12.5. The van der Waals surface area contributed by atoms with Gasteiger partial charge in [-0.15, -0.1) is 11.3 Å². The summed E-state index contributed by atoms with van der Waals surface area (Å²) in [7, 11) is 0. The summed E-state index contributed by atoms with van der Waals surface area (Å²) in [6.07, 6.45) is 0. The zero-order valence-corrected chi connectivity index (χ0v) is 13.5. The molecule has 0 unspecified atom stereocenters. The Morgan fingerprint density at radius 1 is 1.18 bits per heavy atom. The van der Waals surface area contributed by atoms with E-state index in [0.717, 1.165) is 32.7 Å². The summed E-state index contributed by atoms with van der Waals surface area (Å²) in [5.41, 5.74) is 10.5. The lowest BCUT2D eigenvalue weighted by molar-refractivity contribution is 0.103. The third-order valence-corrected chi connectivity index (χ3v) is 4.72. The molecule has 2 aromatic heterocycles. The number of aromatic nitrogens is 1. The maximum Gasteiger partial charge on any atom is 0.267 e. The van der Waals surface area contributed by atoms with Crippen LogP contribution in [0, 0.1) is 20.8 Å². The maximum absolute atomic E-state index is 12.5. The highest BCUT2D eigenvalue weighted by molar-refractivity contribution is 7.21. The van der Waals surface area contributed by atoms with Crippen LogP contribution in [0.25, 0.3) is 10.2 Å². The number of pyridine rings is 1. The third-order valence-electron chi connectivity index (χ3n) is 3.62. The number of rotatable bonds is 2. The van der Waals surface area contributed by atoms with Crippen molar-refractivity contribution in [3.05, 3.63) is 52.0 Å². The highest BCUT2D eigenvalue weighted by Crippen LogP contribution is 2.35. The van der Waals surface area contributed by atoms with Gasteiger partial charge in [0.1, 0.15) is 9.71 Å². The van der Waals surface area contributed by atoms with Gasteiger partial charge in [0.15, 0.2) is 0 Å². The molecule has 0 fully saturated rings. The van der Waals surface area contributed by atoms with E-state index in [-0.39, 0.29) is 5.91 Å². The van der Waals surface area contributed by atoms with E-state index in [0.29, 0.717) is 10.6 Å². The standard InChI is InChI=1S/C17H17N3OS/c1-9-6-4-5-7-12(9)20-16(21)15-14(18)13-10(2)8-11(3)19-17(13)22-15/h4-8H,18H2,1-3H3,(H,20,21). The molecule has 3 rings (SSSR count). The number of thiophene rings is 1. The van der Waals surface area contributed by atoms with Crippen molar-refractivity contribution < 1.29 is 4.79 Å². The minimum Gasteiger partial charge on any atom is -0.397 e. The van der Waals surface area contributed by atoms with Gasteiger partial charge in [-0.25, -0.2) is 4.98 Å². The average Bonchev–Trinajstić information content (AvgIpc) is 2.78. The number of carbonyl (C=O) groups is 1. The molecule has 22 heavy (non-hydrogen) atoms. The molecule has 0 saturated heterocycles. The van der Waals surface area contributed by atoms with Gasteiger partial charge < -0.3 is 11.1 Å². The third kappa shape index (κ3) is 2.44. The van der Waals surface area contributed by atoms with Gasteiger partial charge in [0.05, 0.1) is 5.69 Å². The number of anilines is 2. The van der Waals surface area contributed by atoms with Crippen molar-refractivity contribution in [1.82, 2.24) is 4.98 Å². The van der Waals surface area contributed by atoms with E-state index in [4.69, 9.17) is 5.73 Å². The minimum absolute atomic E-state index is 0.188. The number of nitrogens with two attached hydrogens (primary N) is 1. The van der Waals surface area contributed by atoms with Gasteiger partial charge >= 0.3 is 0 Å². The second-order valence-electron chi connectivity index (χ2n) is 5.37. The number of nitrogens with zero attached hydrogens (tertiary/aromatic N) is 1. The molecule has 3 N–H and O–H groups in total. The summed E-state index contributed by atoms with van der Waals surface area (Å²) in [6.45, 7) is 5.89. The second kappa shape index (κ2) is 5.42. The predicted molar refractivity (Wildman–Crippen MR) is 92.6 cm³/mol. The monoisotopic (exact) mass is 311 g/mol. The number of amides is 1. The number of para-hydroxylation sites is 1. The summed E-state index contributed by atoms with van der Waals surface area (Å²) in [5, 5.41) is 3.81. The molecular formula is C17H17N3OS. The van der Waals surface area contributed by atoms with Gasteiger partial charge in [0, 0.05) is 16.8 Å². The highest BCUT2D eigenvalue weighted by Gasteiger charge is 2.19. The molecule has 112 valence electrons. The van der Waals surface area contributed by atoms with Crippen LogP contribution in [0.1, 0.15) is 26.5 Å². The molecule has 0 saturated carbocycles. The minimum atomic E-state index is -0.188. The fourth-order valence-electron chi connectivity index (χ4n) is 2.53. The number of aryl methyl sites for hydroxylation is 3. The molecule has 1 aromatic carbocycles. The van der Waals surface area contributed by atoms with Crippen LogP contribution >= 0.6 is 11.3 Å². The van der Waals surface area contributed by atoms with Crippen molar-refractivity contribution >= 4 is 38.8 Å². The SMILES string of the molecule is Cc1cc(C)c2c(N)c(C(=O)Nc3ccccc3C)sc2n1. The van der Waals surface area contributed by atoms with Crippen LogP contribution in [0.3, 0.4) is 0 Å².